The van der Waals surface area contributed by atoms with Gasteiger partial charge in [-0.3, -0.25) is 4.79 Å². The van der Waals surface area contributed by atoms with Crippen LogP contribution in [0.2, 0.25) is 0 Å². The molecule has 1 aliphatic rings. The number of carbonyl (C=O) groups is 1. The summed E-state index contributed by atoms with van der Waals surface area (Å²) in [5.41, 5.74) is 7.30. The van der Waals surface area contributed by atoms with E-state index in [9.17, 15) is 4.79 Å². The highest BCUT2D eigenvalue weighted by molar-refractivity contribution is 5.94. The number of benzene rings is 1. The van der Waals surface area contributed by atoms with E-state index < -0.39 is 0 Å². The Balaban J connectivity index is 0.00000208. The van der Waals surface area contributed by atoms with Crippen molar-refractivity contribution in [3.63, 3.8) is 0 Å². The maximum Gasteiger partial charge on any atom is 0.251 e. The third-order valence-corrected chi connectivity index (χ3v) is 4.26. The van der Waals surface area contributed by atoms with Crippen molar-refractivity contribution in [3.05, 3.63) is 59.8 Å². The molecule has 0 aliphatic carbocycles. The molecule has 0 saturated carbocycles. The number of halogens is 1. The standard InChI is InChI=1S/C18H22N4O.ClH/c19-13-14-4-6-15(7-5-14)18(23)21-16-8-11-22(12-9-16)17-3-1-2-10-20-17;/h1-7,10,16H,8-9,11-13,19H2,(H,21,23);1H. The van der Waals surface area contributed by atoms with E-state index in [0.717, 1.165) is 37.3 Å². The number of amides is 1. The normalized spacial score (nSPS) is 14.8. The Hall–Kier alpha value is -2.11. The summed E-state index contributed by atoms with van der Waals surface area (Å²) in [6, 6.07) is 13.6. The molecule has 1 aliphatic heterocycles. The van der Waals surface area contributed by atoms with E-state index in [2.05, 4.69) is 15.2 Å². The molecule has 1 aromatic carbocycles. The third-order valence-electron chi connectivity index (χ3n) is 4.26. The Kier molecular flexibility index (Phi) is 6.58. The number of pyridine rings is 1. The van der Waals surface area contributed by atoms with Crippen LogP contribution in [0.4, 0.5) is 5.82 Å². The number of hydrogen-bond donors (Lipinski definition) is 2. The zero-order valence-electron chi connectivity index (χ0n) is 13.5. The lowest BCUT2D eigenvalue weighted by Crippen LogP contribution is -2.44. The highest BCUT2D eigenvalue weighted by Crippen LogP contribution is 2.17. The number of anilines is 1. The van der Waals surface area contributed by atoms with Crippen molar-refractivity contribution in [1.82, 2.24) is 10.3 Å². The van der Waals surface area contributed by atoms with Gasteiger partial charge >= 0.3 is 0 Å². The molecule has 1 amide bonds. The van der Waals surface area contributed by atoms with Crippen LogP contribution in [0.1, 0.15) is 28.8 Å². The molecule has 0 bridgehead atoms. The summed E-state index contributed by atoms with van der Waals surface area (Å²) in [6.07, 6.45) is 3.68. The van der Waals surface area contributed by atoms with Crippen molar-refractivity contribution in [1.29, 1.82) is 0 Å². The van der Waals surface area contributed by atoms with Crippen LogP contribution < -0.4 is 16.0 Å². The van der Waals surface area contributed by atoms with Gasteiger partial charge in [0.2, 0.25) is 0 Å². The lowest BCUT2D eigenvalue weighted by atomic mass is 10.0. The molecular weight excluding hydrogens is 324 g/mol. The van der Waals surface area contributed by atoms with Gasteiger partial charge in [-0.15, -0.1) is 12.4 Å². The van der Waals surface area contributed by atoms with E-state index in [1.807, 2.05) is 48.7 Å². The van der Waals surface area contributed by atoms with Crippen LogP contribution in [-0.4, -0.2) is 30.0 Å². The number of aromatic nitrogens is 1. The van der Waals surface area contributed by atoms with Crippen molar-refractivity contribution in [3.8, 4) is 0 Å². The molecule has 0 spiro atoms. The average molecular weight is 347 g/mol. The number of carbonyl (C=O) groups excluding carboxylic acids is 1. The molecule has 3 rings (SSSR count). The molecule has 1 fully saturated rings. The van der Waals surface area contributed by atoms with Crippen LogP contribution in [0.3, 0.4) is 0 Å². The quantitative estimate of drug-likeness (QED) is 0.891. The summed E-state index contributed by atoms with van der Waals surface area (Å²) in [5, 5.41) is 3.13. The van der Waals surface area contributed by atoms with Gasteiger partial charge in [-0.25, -0.2) is 4.98 Å². The Labute approximate surface area is 148 Å². The van der Waals surface area contributed by atoms with E-state index in [4.69, 9.17) is 5.73 Å². The Morgan fingerprint density at radius 2 is 1.88 bits per heavy atom. The molecule has 0 atom stereocenters. The maximum absolute atomic E-state index is 12.3. The lowest BCUT2D eigenvalue weighted by Gasteiger charge is -2.33. The van der Waals surface area contributed by atoms with Crippen LogP contribution in [0.25, 0.3) is 0 Å². The Bertz CT molecular complexity index is 640. The molecular formula is C18H23ClN4O. The summed E-state index contributed by atoms with van der Waals surface area (Å²) >= 11 is 0. The molecule has 128 valence electrons. The minimum Gasteiger partial charge on any atom is -0.356 e. The van der Waals surface area contributed by atoms with Gasteiger partial charge in [0.1, 0.15) is 5.82 Å². The number of nitrogens with zero attached hydrogens (tertiary/aromatic N) is 2. The summed E-state index contributed by atoms with van der Waals surface area (Å²) < 4.78 is 0. The molecule has 0 radical (unpaired) electrons. The van der Waals surface area contributed by atoms with Gasteiger partial charge in [-0.1, -0.05) is 18.2 Å². The number of nitrogens with one attached hydrogen (secondary N) is 1. The molecule has 3 N–H and O–H groups in total. The number of nitrogens with two attached hydrogens (primary N) is 1. The van der Waals surface area contributed by atoms with Crippen LogP contribution in [0.5, 0.6) is 0 Å². The summed E-state index contributed by atoms with van der Waals surface area (Å²) in [4.78, 5) is 18.9. The van der Waals surface area contributed by atoms with Crippen molar-refractivity contribution in [2.24, 2.45) is 5.73 Å². The second-order valence-electron chi connectivity index (χ2n) is 5.82. The molecule has 1 saturated heterocycles. The van der Waals surface area contributed by atoms with E-state index >= 15 is 0 Å². The first-order valence-electron chi connectivity index (χ1n) is 8.02. The predicted octanol–water partition coefficient (Wildman–Crippen LogP) is 2.36. The second kappa shape index (κ2) is 8.66. The molecule has 2 heterocycles. The SMILES string of the molecule is Cl.NCc1ccc(C(=O)NC2CCN(c3ccccn3)CC2)cc1. The summed E-state index contributed by atoms with van der Waals surface area (Å²) in [5.74, 6) is 1.000. The maximum atomic E-state index is 12.3. The number of hydrogen-bond acceptors (Lipinski definition) is 4. The molecule has 2 aromatic rings. The van der Waals surface area contributed by atoms with Crippen molar-refractivity contribution in [2.45, 2.75) is 25.4 Å². The number of piperidine rings is 1. The fraction of sp³-hybridized carbons (Fsp3) is 0.333. The van der Waals surface area contributed by atoms with Crippen molar-refractivity contribution < 1.29 is 4.79 Å². The fourth-order valence-electron chi connectivity index (χ4n) is 2.85. The first-order valence-corrected chi connectivity index (χ1v) is 8.02. The topological polar surface area (TPSA) is 71.2 Å². The second-order valence-corrected chi connectivity index (χ2v) is 5.82. The van der Waals surface area contributed by atoms with E-state index in [1.54, 1.807) is 0 Å². The average Bonchev–Trinajstić information content (AvgIpc) is 2.63. The van der Waals surface area contributed by atoms with Gasteiger partial charge in [0.15, 0.2) is 0 Å². The monoisotopic (exact) mass is 346 g/mol. The summed E-state index contributed by atoms with van der Waals surface area (Å²) in [6.45, 7) is 2.32. The highest BCUT2D eigenvalue weighted by Gasteiger charge is 2.21. The Morgan fingerprint density at radius 1 is 1.17 bits per heavy atom. The first kappa shape index (κ1) is 18.2. The minimum absolute atomic E-state index is 0. The minimum atomic E-state index is -0.00939. The van der Waals surface area contributed by atoms with Gasteiger partial charge in [-0.05, 0) is 42.7 Å². The predicted molar refractivity (Wildman–Crippen MR) is 98.5 cm³/mol. The zero-order valence-corrected chi connectivity index (χ0v) is 14.3. The Morgan fingerprint density at radius 3 is 2.46 bits per heavy atom. The molecule has 1 aromatic heterocycles. The number of rotatable bonds is 4. The van der Waals surface area contributed by atoms with Gasteiger partial charge in [0, 0.05) is 37.4 Å². The van der Waals surface area contributed by atoms with E-state index in [-0.39, 0.29) is 24.4 Å². The summed E-state index contributed by atoms with van der Waals surface area (Å²) in [7, 11) is 0. The van der Waals surface area contributed by atoms with Crippen molar-refractivity contribution in [2.75, 3.05) is 18.0 Å². The third kappa shape index (κ3) is 4.46. The first-order chi connectivity index (χ1) is 11.3. The molecule has 0 unspecified atom stereocenters. The lowest BCUT2D eigenvalue weighted by molar-refractivity contribution is 0.0931. The molecule has 24 heavy (non-hydrogen) atoms. The smallest absolute Gasteiger partial charge is 0.251 e. The molecule has 6 heteroatoms. The highest BCUT2D eigenvalue weighted by atomic mass is 35.5. The fourth-order valence-corrected chi connectivity index (χ4v) is 2.85. The van der Waals surface area contributed by atoms with Gasteiger partial charge in [0.25, 0.3) is 5.91 Å². The van der Waals surface area contributed by atoms with Gasteiger partial charge in [0.05, 0.1) is 0 Å². The van der Waals surface area contributed by atoms with E-state index in [0.29, 0.717) is 12.1 Å². The van der Waals surface area contributed by atoms with E-state index in [1.165, 1.54) is 0 Å². The van der Waals surface area contributed by atoms with Crippen LogP contribution in [0.15, 0.2) is 48.7 Å². The largest absolute Gasteiger partial charge is 0.356 e. The van der Waals surface area contributed by atoms with Crippen LogP contribution in [0, 0.1) is 0 Å². The van der Waals surface area contributed by atoms with Gasteiger partial charge < -0.3 is 16.0 Å². The van der Waals surface area contributed by atoms with Crippen molar-refractivity contribution >= 4 is 24.1 Å². The zero-order chi connectivity index (χ0) is 16.1. The van der Waals surface area contributed by atoms with Gasteiger partial charge in [-0.2, -0.15) is 0 Å². The molecule has 5 nitrogen and oxygen atoms in total. The van der Waals surface area contributed by atoms with Crippen LogP contribution >= 0.6 is 12.4 Å². The van der Waals surface area contributed by atoms with Crippen LogP contribution in [-0.2, 0) is 6.54 Å².